The highest BCUT2D eigenvalue weighted by atomic mass is 16.5. The van der Waals surface area contributed by atoms with Crippen molar-refractivity contribution in [3.8, 4) is 11.6 Å². The monoisotopic (exact) mass is 391 g/mol. The Kier molecular flexibility index (Phi) is 3.59. The van der Waals surface area contributed by atoms with Crippen molar-refractivity contribution >= 4 is 27.9 Å². The van der Waals surface area contributed by atoms with E-state index >= 15 is 0 Å². The van der Waals surface area contributed by atoms with Crippen LogP contribution in [0.1, 0.15) is 68.6 Å². The van der Waals surface area contributed by atoms with Crippen LogP contribution in [0, 0.1) is 10.8 Å². The van der Waals surface area contributed by atoms with Crippen molar-refractivity contribution < 1.29 is 19.1 Å². The molecule has 1 aromatic heterocycles. The van der Waals surface area contributed by atoms with Crippen LogP contribution in [-0.4, -0.2) is 23.7 Å². The summed E-state index contributed by atoms with van der Waals surface area (Å²) in [6.45, 7) is 8.34. The smallest absolute Gasteiger partial charge is 0.227 e. The molecular weight excluding hydrogens is 366 g/mol. The number of ketones is 2. The number of nitrogens with zero attached hydrogens (tertiary/aromatic N) is 1. The normalized spacial score (nSPS) is 21.6. The summed E-state index contributed by atoms with van der Waals surface area (Å²) < 4.78 is 11.8. The van der Waals surface area contributed by atoms with Crippen LogP contribution < -0.4 is 9.47 Å². The van der Waals surface area contributed by atoms with E-state index in [1.165, 1.54) is 0 Å². The second-order valence-corrected chi connectivity index (χ2v) is 10.1. The van der Waals surface area contributed by atoms with Gasteiger partial charge in [-0.2, -0.15) is 0 Å². The van der Waals surface area contributed by atoms with Crippen LogP contribution >= 0.6 is 0 Å². The van der Waals surface area contributed by atoms with Gasteiger partial charge in [-0.25, -0.2) is 4.98 Å². The Balaban J connectivity index is 1.85. The van der Waals surface area contributed by atoms with Crippen molar-refractivity contribution in [2.45, 2.75) is 53.4 Å². The summed E-state index contributed by atoms with van der Waals surface area (Å²) in [5.41, 5.74) is 2.53. The fraction of sp³-hybridized carbons (Fsp3) is 0.458. The molecule has 0 saturated carbocycles. The number of fused-ring (bicyclic) bond motifs is 3. The topological polar surface area (TPSA) is 65.5 Å². The summed E-state index contributed by atoms with van der Waals surface area (Å²) in [5, 5.41) is 1.54. The first-order chi connectivity index (χ1) is 13.6. The average Bonchev–Trinajstić information content (AvgIpc) is 2.57. The summed E-state index contributed by atoms with van der Waals surface area (Å²) in [6, 6.07) is 3.76. The van der Waals surface area contributed by atoms with Gasteiger partial charge in [0.05, 0.1) is 23.8 Å². The summed E-state index contributed by atoms with van der Waals surface area (Å²) >= 11 is 0. The summed E-state index contributed by atoms with van der Waals surface area (Å²) in [7, 11) is 1.60. The summed E-state index contributed by atoms with van der Waals surface area (Å²) in [6.07, 6.45) is 2.33. The molecule has 0 N–H and O–H groups in total. The zero-order valence-corrected chi connectivity index (χ0v) is 17.6. The van der Waals surface area contributed by atoms with E-state index in [1.807, 2.05) is 12.1 Å². The van der Waals surface area contributed by atoms with E-state index in [2.05, 4.69) is 27.7 Å². The number of methoxy groups -OCH3 is 1. The molecule has 5 nitrogen and oxygen atoms in total. The molecule has 1 aromatic carbocycles. The third-order valence-corrected chi connectivity index (χ3v) is 6.24. The highest BCUT2D eigenvalue weighted by Gasteiger charge is 2.41. The third-order valence-electron chi connectivity index (χ3n) is 6.24. The molecule has 5 heteroatoms. The molecule has 0 fully saturated rings. The van der Waals surface area contributed by atoms with Gasteiger partial charge in [0.1, 0.15) is 11.5 Å². The molecule has 5 rings (SSSR count). The lowest BCUT2D eigenvalue weighted by atomic mass is 9.72. The van der Waals surface area contributed by atoms with Crippen LogP contribution in [0.4, 0.5) is 0 Å². The molecule has 150 valence electrons. The predicted octanol–water partition coefficient (Wildman–Crippen LogP) is 4.89. The number of rotatable bonds is 1. The minimum absolute atomic E-state index is 0.0710. The van der Waals surface area contributed by atoms with E-state index < -0.39 is 0 Å². The molecule has 0 atom stereocenters. The van der Waals surface area contributed by atoms with E-state index in [0.29, 0.717) is 54.2 Å². The van der Waals surface area contributed by atoms with Gasteiger partial charge in [0, 0.05) is 35.8 Å². The Bertz CT molecular complexity index is 1150. The lowest BCUT2D eigenvalue weighted by Crippen LogP contribution is -2.31. The zero-order valence-electron chi connectivity index (χ0n) is 17.6. The van der Waals surface area contributed by atoms with Gasteiger partial charge >= 0.3 is 0 Å². The minimum Gasteiger partial charge on any atom is -0.497 e. The molecule has 2 heterocycles. The summed E-state index contributed by atoms with van der Waals surface area (Å²) in [5.74, 6) is 1.98. The number of carbonyl (C=O) groups is 2. The number of carbonyl (C=O) groups excluding carboxylic acids is 2. The van der Waals surface area contributed by atoms with Gasteiger partial charge in [-0.1, -0.05) is 27.7 Å². The molecule has 0 bridgehead atoms. The van der Waals surface area contributed by atoms with Crippen LogP contribution in [0.3, 0.4) is 0 Å². The zero-order chi connectivity index (χ0) is 20.7. The molecule has 1 aliphatic heterocycles. The number of pyridine rings is 1. The second kappa shape index (κ2) is 5.68. The maximum Gasteiger partial charge on any atom is 0.227 e. The third kappa shape index (κ3) is 2.70. The molecule has 29 heavy (non-hydrogen) atoms. The maximum absolute atomic E-state index is 13.1. The van der Waals surface area contributed by atoms with Gasteiger partial charge in [0.15, 0.2) is 11.6 Å². The minimum atomic E-state index is -0.155. The SMILES string of the molecule is COc1cc2c3c(nc4c(c3c1)C(=O)CC(C)(C)C4)OC1=C2C(=O)CC(C)(C)C1. The number of Topliss-reactive ketones (excluding diaryl/α,β-unsaturated/α-hetero) is 2. The molecular formula is C24H25NO4. The van der Waals surface area contributed by atoms with Crippen LogP contribution in [0.2, 0.25) is 0 Å². The van der Waals surface area contributed by atoms with E-state index in [9.17, 15) is 9.59 Å². The van der Waals surface area contributed by atoms with Gasteiger partial charge < -0.3 is 9.47 Å². The number of aromatic nitrogens is 1. The Morgan fingerprint density at radius 1 is 0.966 bits per heavy atom. The van der Waals surface area contributed by atoms with Crippen molar-refractivity contribution in [3.05, 3.63) is 34.7 Å². The average molecular weight is 391 g/mol. The molecule has 0 saturated heterocycles. The molecule has 3 aliphatic rings. The van der Waals surface area contributed by atoms with Gasteiger partial charge in [0.2, 0.25) is 5.88 Å². The molecule has 0 unspecified atom stereocenters. The number of hydrogen-bond donors (Lipinski definition) is 0. The largest absolute Gasteiger partial charge is 0.497 e. The highest BCUT2D eigenvalue weighted by Crippen LogP contribution is 2.50. The van der Waals surface area contributed by atoms with E-state index in [-0.39, 0.29) is 22.4 Å². The standard InChI is InChI=1S/C24H25NO4/c1-23(2)8-15-20(16(26)9-23)13-6-12(28-5)7-14-19(13)22(25-15)29-18-11-24(3,4)10-17(27)21(14)18/h6-7H,8-11H2,1-5H3. The Labute approximate surface area is 170 Å². The predicted molar refractivity (Wildman–Crippen MR) is 110 cm³/mol. The lowest BCUT2D eigenvalue weighted by Gasteiger charge is -2.36. The first kappa shape index (κ1) is 18.3. The van der Waals surface area contributed by atoms with Crippen LogP contribution in [0.25, 0.3) is 16.3 Å². The van der Waals surface area contributed by atoms with Gasteiger partial charge in [-0.05, 0) is 29.4 Å². The molecule has 0 spiro atoms. The van der Waals surface area contributed by atoms with Crippen LogP contribution in [-0.2, 0) is 11.2 Å². The van der Waals surface area contributed by atoms with Gasteiger partial charge in [0.25, 0.3) is 0 Å². The Morgan fingerprint density at radius 2 is 1.66 bits per heavy atom. The first-order valence-electron chi connectivity index (χ1n) is 10.1. The first-order valence-corrected chi connectivity index (χ1v) is 10.1. The van der Waals surface area contributed by atoms with Crippen molar-refractivity contribution in [1.82, 2.24) is 4.98 Å². The number of benzene rings is 1. The summed E-state index contributed by atoms with van der Waals surface area (Å²) in [4.78, 5) is 30.9. The Morgan fingerprint density at radius 3 is 2.38 bits per heavy atom. The Hall–Kier alpha value is -2.69. The van der Waals surface area contributed by atoms with E-state index in [1.54, 1.807) is 7.11 Å². The van der Waals surface area contributed by atoms with Gasteiger partial charge in [-0.3, -0.25) is 9.59 Å². The fourth-order valence-corrected chi connectivity index (χ4v) is 5.07. The molecule has 2 aliphatic carbocycles. The number of allylic oxidation sites excluding steroid dienone is 2. The van der Waals surface area contributed by atoms with Crippen molar-refractivity contribution in [2.24, 2.45) is 10.8 Å². The van der Waals surface area contributed by atoms with E-state index in [4.69, 9.17) is 14.5 Å². The van der Waals surface area contributed by atoms with Crippen molar-refractivity contribution in [1.29, 1.82) is 0 Å². The lowest BCUT2D eigenvalue weighted by molar-refractivity contribution is -0.116. The molecule has 0 amide bonds. The van der Waals surface area contributed by atoms with Gasteiger partial charge in [-0.15, -0.1) is 0 Å². The molecule has 2 aromatic rings. The van der Waals surface area contributed by atoms with Crippen molar-refractivity contribution in [2.75, 3.05) is 7.11 Å². The fourth-order valence-electron chi connectivity index (χ4n) is 5.07. The van der Waals surface area contributed by atoms with E-state index in [0.717, 1.165) is 22.0 Å². The number of ether oxygens (including phenoxy) is 2. The van der Waals surface area contributed by atoms with Crippen LogP contribution in [0.5, 0.6) is 11.6 Å². The second-order valence-electron chi connectivity index (χ2n) is 10.1. The van der Waals surface area contributed by atoms with Crippen molar-refractivity contribution in [3.63, 3.8) is 0 Å². The van der Waals surface area contributed by atoms with Crippen LogP contribution in [0.15, 0.2) is 17.9 Å². The quantitative estimate of drug-likeness (QED) is 0.692. The maximum atomic E-state index is 13.1. The highest BCUT2D eigenvalue weighted by molar-refractivity contribution is 6.27. The molecule has 0 radical (unpaired) electrons. The number of hydrogen-bond acceptors (Lipinski definition) is 5.